The molecule has 0 spiro atoms. The zero-order valence-corrected chi connectivity index (χ0v) is 23.9. The van der Waals surface area contributed by atoms with Crippen molar-refractivity contribution >= 4 is 87.0 Å². The molecule has 0 aliphatic rings. The third kappa shape index (κ3) is 2.60. The fourth-order valence-corrected chi connectivity index (χ4v) is 7.98. The quantitative estimate of drug-likeness (QED) is 0.174. The Labute approximate surface area is 247 Å². The molecule has 208 valence electrons. The Balaban J connectivity index is 1.51. The monoisotopic (exact) mass is 570 g/mol. The van der Waals surface area contributed by atoms with E-state index in [1.807, 2.05) is 62.4 Å². The van der Waals surface area contributed by atoms with Crippen LogP contribution in [0.3, 0.4) is 0 Å². The third-order valence-corrected chi connectivity index (χ3v) is 9.96. The molecule has 0 radical (unpaired) electrons. The van der Waals surface area contributed by atoms with Gasteiger partial charge in [-0.3, -0.25) is 19.2 Å². The molecule has 0 aliphatic heterocycles. The molecular formula is C38H22N2O4. The fraction of sp³-hybridized carbons (Fsp3) is 0.105. The number of aromatic nitrogens is 2. The molecule has 6 aromatic heterocycles. The first-order valence-electron chi connectivity index (χ1n) is 15.0. The lowest BCUT2D eigenvalue weighted by molar-refractivity contribution is 1.14. The van der Waals surface area contributed by atoms with Crippen LogP contribution in [0.5, 0.6) is 0 Å². The van der Waals surface area contributed by atoms with Gasteiger partial charge in [0.1, 0.15) is 0 Å². The smallest absolute Gasteiger partial charge is 0.190 e. The minimum atomic E-state index is -0.122. The van der Waals surface area contributed by atoms with E-state index < -0.39 is 0 Å². The van der Waals surface area contributed by atoms with Crippen LogP contribution in [0, 0.1) is 0 Å². The molecule has 6 heterocycles. The lowest BCUT2D eigenvalue weighted by atomic mass is 9.91. The van der Waals surface area contributed by atoms with Crippen LogP contribution in [0.4, 0.5) is 0 Å². The maximum Gasteiger partial charge on any atom is 0.190 e. The van der Waals surface area contributed by atoms with Gasteiger partial charge in [-0.1, -0.05) is 38.1 Å². The topological polar surface area (TPSA) is 77.1 Å². The second kappa shape index (κ2) is 7.66. The molecule has 0 amide bonds. The SMILES string of the molecule is CCc1cc2c(=O)cc3c4ccc5c6c(ccc(c46)c4cc(=O)c(c1)c2n34)c1cc(=O)c2cc(CC)cc3c(=O)cc5n1c32. The molecule has 4 aromatic carbocycles. The highest BCUT2D eigenvalue weighted by Gasteiger charge is 2.23. The van der Waals surface area contributed by atoms with Crippen LogP contribution >= 0.6 is 0 Å². The highest BCUT2D eigenvalue weighted by atomic mass is 16.1. The van der Waals surface area contributed by atoms with Gasteiger partial charge in [0, 0.05) is 78.1 Å². The summed E-state index contributed by atoms with van der Waals surface area (Å²) in [6.45, 7) is 4.03. The molecule has 0 N–H and O–H groups in total. The van der Waals surface area contributed by atoms with Gasteiger partial charge in [0.15, 0.2) is 21.7 Å². The van der Waals surface area contributed by atoms with Gasteiger partial charge in [-0.15, -0.1) is 0 Å². The van der Waals surface area contributed by atoms with Gasteiger partial charge in [0.05, 0.1) is 33.1 Å². The van der Waals surface area contributed by atoms with Crippen LogP contribution in [0.25, 0.3) is 87.0 Å². The second-order valence-electron chi connectivity index (χ2n) is 12.1. The number of hydrogen-bond acceptors (Lipinski definition) is 4. The van der Waals surface area contributed by atoms with Gasteiger partial charge in [0.25, 0.3) is 0 Å². The number of rotatable bonds is 2. The van der Waals surface area contributed by atoms with Gasteiger partial charge in [-0.05, 0) is 48.2 Å². The van der Waals surface area contributed by atoms with Gasteiger partial charge in [-0.2, -0.15) is 0 Å². The minimum absolute atomic E-state index is 0.122. The van der Waals surface area contributed by atoms with E-state index in [1.54, 1.807) is 24.3 Å². The zero-order valence-electron chi connectivity index (χ0n) is 23.9. The van der Waals surface area contributed by atoms with E-state index in [1.165, 1.54) is 0 Å². The fourth-order valence-electron chi connectivity index (χ4n) is 7.98. The summed E-state index contributed by atoms with van der Waals surface area (Å²) in [5.41, 5.74) is 5.63. The minimum Gasteiger partial charge on any atom is -0.307 e. The van der Waals surface area contributed by atoms with Crippen LogP contribution < -0.4 is 21.7 Å². The molecule has 0 atom stereocenters. The molecule has 0 saturated carbocycles. The van der Waals surface area contributed by atoms with E-state index in [0.717, 1.165) is 78.4 Å². The Hall–Kier alpha value is -5.62. The van der Waals surface area contributed by atoms with Crippen molar-refractivity contribution in [2.75, 3.05) is 0 Å². The summed E-state index contributed by atoms with van der Waals surface area (Å²) in [4.78, 5) is 54.5. The molecule has 44 heavy (non-hydrogen) atoms. The van der Waals surface area contributed by atoms with Crippen molar-refractivity contribution in [3.05, 3.63) is 125 Å². The molecule has 10 rings (SSSR count). The van der Waals surface area contributed by atoms with Crippen molar-refractivity contribution in [2.24, 2.45) is 0 Å². The van der Waals surface area contributed by atoms with Crippen LogP contribution in [-0.4, -0.2) is 8.80 Å². The maximum atomic E-state index is 13.6. The molecule has 0 unspecified atom stereocenters. The summed E-state index contributed by atoms with van der Waals surface area (Å²) in [5, 5.41) is 7.51. The standard InChI is InChI=1S/C38H22N2O4/c1-3-17-9-23-31(41)13-27-19-5-7-21-29-15-33(43)25-11-18(4-2)12-26-34(44)16-30(40(29)38(25)26)22-8-6-20(35(19)36(21)22)28-14-32(42)24(10-17)37(23)39(27)28/h5-16H,3-4H2,1-2H3. The Kier molecular flexibility index (Phi) is 4.16. The number of pyridine rings is 6. The predicted octanol–water partition coefficient (Wildman–Crippen LogP) is 6.58. The number of fused-ring (bicyclic) bond motifs is 4. The lowest BCUT2D eigenvalue weighted by Crippen LogP contribution is -2.14. The van der Waals surface area contributed by atoms with Gasteiger partial charge >= 0.3 is 0 Å². The normalized spacial score (nSPS) is 12.9. The molecular weight excluding hydrogens is 548 g/mol. The van der Waals surface area contributed by atoms with E-state index in [-0.39, 0.29) is 21.7 Å². The molecule has 6 nitrogen and oxygen atoms in total. The van der Waals surface area contributed by atoms with Crippen LogP contribution in [-0.2, 0) is 12.8 Å². The number of benzene rings is 4. The van der Waals surface area contributed by atoms with E-state index in [4.69, 9.17) is 0 Å². The highest BCUT2D eigenvalue weighted by molar-refractivity contribution is 6.33. The lowest BCUT2D eigenvalue weighted by Gasteiger charge is -2.22. The number of hydrogen-bond donors (Lipinski definition) is 0. The van der Waals surface area contributed by atoms with Crippen LogP contribution in [0.15, 0.2) is 92.0 Å². The highest BCUT2D eigenvalue weighted by Crippen LogP contribution is 2.43. The summed E-state index contributed by atoms with van der Waals surface area (Å²) in [5.74, 6) is 0. The second-order valence-corrected chi connectivity index (χ2v) is 12.1. The Morgan fingerprint density at radius 1 is 0.409 bits per heavy atom. The third-order valence-electron chi connectivity index (χ3n) is 9.96. The van der Waals surface area contributed by atoms with Gasteiger partial charge < -0.3 is 8.80 Å². The summed E-state index contributed by atoms with van der Waals surface area (Å²) in [7, 11) is 0. The van der Waals surface area contributed by atoms with Crippen molar-refractivity contribution < 1.29 is 0 Å². The van der Waals surface area contributed by atoms with Gasteiger partial charge in [-0.25, -0.2) is 0 Å². The summed E-state index contributed by atoms with van der Waals surface area (Å²) in [6, 6.07) is 22.4. The van der Waals surface area contributed by atoms with Crippen molar-refractivity contribution in [1.82, 2.24) is 8.80 Å². The Morgan fingerprint density at radius 2 is 0.682 bits per heavy atom. The number of aryl methyl sites for hydroxylation is 2. The van der Waals surface area contributed by atoms with Crippen molar-refractivity contribution in [1.29, 1.82) is 0 Å². The summed E-state index contributed by atoms with van der Waals surface area (Å²) in [6.07, 6.45) is 1.45. The van der Waals surface area contributed by atoms with E-state index in [2.05, 4.69) is 8.80 Å². The largest absolute Gasteiger partial charge is 0.307 e. The van der Waals surface area contributed by atoms with Crippen LogP contribution in [0.1, 0.15) is 25.0 Å². The zero-order chi connectivity index (χ0) is 29.8. The molecule has 0 saturated heterocycles. The Morgan fingerprint density at radius 3 is 0.932 bits per heavy atom. The van der Waals surface area contributed by atoms with E-state index in [0.29, 0.717) is 32.6 Å². The average molecular weight is 571 g/mol. The van der Waals surface area contributed by atoms with Gasteiger partial charge in [0.2, 0.25) is 0 Å². The first-order chi connectivity index (χ1) is 21.4. The molecule has 10 aromatic rings. The molecule has 6 heteroatoms. The summed E-state index contributed by atoms with van der Waals surface area (Å²) >= 11 is 0. The summed E-state index contributed by atoms with van der Waals surface area (Å²) < 4.78 is 4.12. The first kappa shape index (κ1) is 23.9. The maximum absolute atomic E-state index is 13.6. The van der Waals surface area contributed by atoms with E-state index >= 15 is 0 Å². The van der Waals surface area contributed by atoms with Crippen LogP contribution in [0.2, 0.25) is 0 Å². The number of nitrogens with zero attached hydrogens (tertiary/aromatic N) is 2. The van der Waals surface area contributed by atoms with Crippen molar-refractivity contribution in [3.8, 4) is 0 Å². The van der Waals surface area contributed by atoms with E-state index in [9.17, 15) is 19.2 Å². The average Bonchev–Trinajstić information content (AvgIpc) is 3.04. The molecule has 0 aliphatic carbocycles. The predicted molar refractivity (Wildman–Crippen MR) is 179 cm³/mol. The molecule has 0 fully saturated rings. The first-order valence-corrected chi connectivity index (χ1v) is 15.0. The Bertz CT molecular complexity index is 2750. The van der Waals surface area contributed by atoms with Crippen molar-refractivity contribution in [3.63, 3.8) is 0 Å². The molecule has 0 bridgehead atoms. The van der Waals surface area contributed by atoms with Crippen molar-refractivity contribution in [2.45, 2.75) is 26.7 Å².